The molecule has 0 spiro atoms. The van der Waals surface area contributed by atoms with Crippen LogP contribution in [-0.4, -0.2) is 10.9 Å². The quantitative estimate of drug-likeness (QED) is 0.502. The largest absolute Gasteiger partial charge is 0.444 e. The molecule has 0 radical (unpaired) electrons. The van der Waals surface area contributed by atoms with E-state index in [1.54, 1.807) is 24.3 Å². The molecule has 0 aliphatic heterocycles. The topological polar surface area (TPSA) is 68.3 Å². The molecule has 0 saturated carbocycles. The van der Waals surface area contributed by atoms with Crippen molar-refractivity contribution in [3.63, 3.8) is 0 Å². The number of fused-ring (bicyclic) bond motifs is 1. The summed E-state index contributed by atoms with van der Waals surface area (Å²) in [6.45, 7) is 2.01. The Morgan fingerprint density at radius 3 is 2.68 bits per heavy atom. The Morgan fingerprint density at radius 2 is 1.92 bits per heavy atom. The van der Waals surface area contributed by atoms with E-state index in [4.69, 9.17) is 8.83 Å². The number of amides is 1. The van der Waals surface area contributed by atoms with Gasteiger partial charge in [0.25, 0.3) is 5.91 Å². The molecule has 0 unspecified atom stereocenters. The smallest absolute Gasteiger partial charge is 0.291 e. The van der Waals surface area contributed by atoms with Gasteiger partial charge in [0.2, 0.25) is 5.89 Å². The Labute approximate surface area is 151 Å². The van der Waals surface area contributed by atoms with E-state index < -0.39 is 0 Å². The van der Waals surface area contributed by atoms with E-state index in [9.17, 15) is 4.79 Å². The van der Waals surface area contributed by atoms with Crippen molar-refractivity contribution in [2.45, 2.75) is 6.92 Å². The monoisotopic (exact) mass is 396 g/mol. The van der Waals surface area contributed by atoms with E-state index in [0.29, 0.717) is 21.8 Å². The molecular weight excluding hydrogens is 384 g/mol. The third-order valence-electron chi connectivity index (χ3n) is 3.82. The zero-order chi connectivity index (χ0) is 17.4. The number of furan rings is 1. The first-order valence-electron chi connectivity index (χ1n) is 7.63. The summed E-state index contributed by atoms with van der Waals surface area (Å²) >= 11 is 3.18. The summed E-state index contributed by atoms with van der Waals surface area (Å²) in [6, 6.07) is 16.5. The summed E-state index contributed by atoms with van der Waals surface area (Å²) in [5, 5.41) is 2.78. The van der Waals surface area contributed by atoms with E-state index >= 15 is 0 Å². The fraction of sp³-hybridized carbons (Fsp3) is 0.0526. The number of carbonyl (C=O) groups excluding carboxylic acids is 1. The number of rotatable bonds is 3. The highest BCUT2D eigenvalue weighted by Crippen LogP contribution is 2.28. The molecule has 1 amide bonds. The molecule has 124 valence electrons. The van der Waals surface area contributed by atoms with Crippen LogP contribution >= 0.6 is 15.9 Å². The second-order valence-electron chi connectivity index (χ2n) is 5.57. The van der Waals surface area contributed by atoms with Crippen molar-refractivity contribution in [1.82, 2.24) is 4.98 Å². The minimum absolute atomic E-state index is 0.227. The number of aryl methyl sites for hydroxylation is 1. The molecule has 4 aromatic rings. The number of hydrogen-bond acceptors (Lipinski definition) is 4. The summed E-state index contributed by atoms with van der Waals surface area (Å²) in [5.41, 5.74) is 3.99. The highest BCUT2D eigenvalue weighted by atomic mass is 79.9. The van der Waals surface area contributed by atoms with Gasteiger partial charge in [0.15, 0.2) is 16.0 Å². The maximum Gasteiger partial charge on any atom is 0.291 e. The third kappa shape index (κ3) is 3.08. The summed E-state index contributed by atoms with van der Waals surface area (Å²) in [4.78, 5) is 16.7. The first-order chi connectivity index (χ1) is 12.1. The SMILES string of the molecule is Cc1ccccc1-c1nc2ccc(NC(=O)c3ccc(Br)o3)cc2o1. The first-order valence-corrected chi connectivity index (χ1v) is 8.43. The maximum atomic E-state index is 12.2. The molecule has 0 fully saturated rings. The van der Waals surface area contributed by atoms with Crippen molar-refractivity contribution in [2.24, 2.45) is 0 Å². The number of hydrogen-bond donors (Lipinski definition) is 1. The lowest BCUT2D eigenvalue weighted by molar-refractivity contribution is 0.0995. The molecule has 4 rings (SSSR count). The van der Waals surface area contributed by atoms with Gasteiger partial charge in [-0.05, 0) is 58.7 Å². The van der Waals surface area contributed by atoms with Gasteiger partial charge in [0.1, 0.15) is 5.52 Å². The Morgan fingerprint density at radius 1 is 1.08 bits per heavy atom. The fourth-order valence-electron chi connectivity index (χ4n) is 2.56. The van der Waals surface area contributed by atoms with Crippen LogP contribution in [0.1, 0.15) is 16.1 Å². The number of nitrogens with zero attached hydrogens (tertiary/aromatic N) is 1. The molecule has 0 aliphatic rings. The van der Waals surface area contributed by atoms with Gasteiger partial charge in [-0.3, -0.25) is 4.79 Å². The highest BCUT2D eigenvalue weighted by Gasteiger charge is 2.13. The van der Waals surface area contributed by atoms with Gasteiger partial charge in [0, 0.05) is 17.3 Å². The van der Waals surface area contributed by atoms with Crippen LogP contribution < -0.4 is 5.32 Å². The van der Waals surface area contributed by atoms with Crippen molar-refractivity contribution < 1.29 is 13.6 Å². The second kappa shape index (κ2) is 6.22. The normalized spacial score (nSPS) is 11.0. The molecule has 5 nitrogen and oxygen atoms in total. The van der Waals surface area contributed by atoms with Gasteiger partial charge in [-0.2, -0.15) is 0 Å². The lowest BCUT2D eigenvalue weighted by Gasteiger charge is -2.02. The van der Waals surface area contributed by atoms with E-state index in [1.165, 1.54) is 0 Å². The van der Waals surface area contributed by atoms with Crippen LogP contribution in [0.3, 0.4) is 0 Å². The Kier molecular flexibility index (Phi) is 3.89. The lowest BCUT2D eigenvalue weighted by atomic mass is 10.1. The molecule has 2 heterocycles. The number of halogens is 1. The molecule has 2 aromatic heterocycles. The molecular formula is C19H13BrN2O3. The number of aromatic nitrogens is 1. The summed E-state index contributed by atoms with van der Waals surface area (Å²) in [5.74, 6) is 0.459. The van der Waals surface area contributed by atoms with Crippen LogP contribution in [0.2, 0.25) is 0 Å². The number of nitrogens with one attached hydrogen (secondary N) is 1. The molecule has 0 saturated heterocycles. The van der Waals surface area contributed by atoms with Gasteiger partial charge in [-0.25, -0.2) is 4.98 Å². The Hall–Kier alpha value is -2.86. The van der Waals surface area contributed by atoms with Crippen LogP contribution in [-0.2, 0) is 0 Å². The van der Waals surface area contributed by atoms with Crippen molar-refractivity contribution in [3.8, 4) is 11.5 Å². The molecule has 0 bridgehead atoms. The minimum atomic E-state index is -0.330. The van der Waals surface area contributed by atoms with Crippen LogP contribution in [0.5, 0.6) is 0 Å². The van der Waals surface area contributed by atoms with Crippen LogP contribution in [0.4, 0.5) is 5.69 Å². The number of anilines is 1. The first kappa shape index (κ1) is 15.7. The van der Waals surface area contributed by atoms with Crippen LogP contribution in [0.15, 0.2) is 68.1 Å². The van der Waals surface area contributed by atoms with Crippen molar-refractivity contribution in [1.29, 1.82) is 0 Å². The van der Waals surface area contributed by atoms with E-state index in [2.05, 4.69) is 26.2 Å². The number of benzene rings is 2. The van der Waals surface area contributed by atoms with Gasteiger partial charge in [0.05, 0.1) is 0 Å². The zero-order valence-corrected chi connectivity index (χ0v) is 14.8. The van der Waals surface area contributed by atoms with Gasteiger partial charge < -0.3 is 14.2 Å². The predicted octanol–water partition coefficient (Wildman–Crippen LogP) is 5.41. The second-order valence-corrected chi connectivity index (χ2v) is 6.36. The third-order valence-corrected chi connectivity index (χ3v) is 4.24. The van der Waals surface area contributed by atoms with Crippen molar-refractivity contribution in [2.75, 3.05) is 5.32 Å². The van der Waals surface area contributed by atoms with E-state index in [-0.39, 0.29) is 11.7 Å². The standard InChI is InChI=1S/C19H13BrN2O3/c1-11-4-2-3-5-13(11)19-22-14-7-6-12(10-16(14)25-19)21-18(23)15-8-9-17(20)24-15/h2-10H,1H3,(H,21,23). The van der Waals surface area contributed by atoms with E-state index in [0.717, 1.165) is 16.6 Å². The molecule has 2 aromatic carbocycles. The highest BCUT2D eigenvalue weighted by molar-refractivity contribution is 9.10. The summed E-state index contributed by atoms with van der Waals surface area (Å²) in [7, 11) is 0. The average molecular weight is 397 g/mol. The molecule has 6 heteroatoms. The molecule has 0 atom stereocenters. The van der Waals surface area contributed by atoms with Gasteiger partial charge in [-0.15, -0.1) is 0 Å². The molecule has 25 heavy (non-hydrogen) atoms. The lowest BCUT2D eigenvalue weighted by Crippen LogP contribution is -2.10. The Bertz CT molecular complexity index is 1080. The molecule has 0 aliphatic carbocycles. The van der Waals surface area contributed by atoms with Crippen molar-refractivity contribution >= 4 is 38.6 Å². The predicted molar refractivity (Wildman–Crippen MR) is 98.5 cm³/mol. The zero-order valence-electron chi connectivity index (χ0n) is 13.2. The van der Waals surface area contributed by atoms with Crippen molar-refractivity contribution in [3.05, 3.63) is 70.6 Å². The minimum Gasteiger partial charge on any atom is -0.444 e. The fourth-order valence-corrected chi connectivity index (χ4v) is 2.87. The maximum absolute atomic E-state index is 12.2. The average Bonchev–Trinajstić information content (AvgIpc) is 3.21. The van der Waals surface area contributed by atoms with Crippen LogP contribution in [0.25, 0.3) is 22.6 Å². The summed E-state index contributed by atoms with van der Waals surface area (Å²) < 4.78 is 11.6. The number of carbonyl (C=O) groups is 1. The van der Waals surface area contributed by atoms with Gasteiger partial charge in [-0.1, -0.05) is 18.2 Å². The van der Waals surface area contributed by atoms with E-state index in [1.807, 2.05) is 37.3 Å². The Balaban J connectivity index is 1.64. The summed E-state index contributed by atoms with van der Waals surface area (Å²) in [6.07, 6.45) is 0. The van der Waals surface area contributed by atoms with Crippen LogP contribution in [0, 0.1) is 6.92 Å². The molecule has 1 N–H and O–H groups in total. The number of oxazole rings is 1. The van der Waals surface area contributed by atoms with Gasteiger partial charge >= 0.3 is 0 Å².